The van der Waals surface area contributed by atoms with Crippen LogP contribution < -0.4 is 0 Å². The topological polar surface area (TPSA) is 168 Å². The first kappa shape index (κ1) is 35.9. The van der Waals surface area contributed by atoms with Crippen molar-refractivity contribution in [3.8, 4) is 22.5 Å². The third kappa shape index (κ3) is 9.59. The molecule has 0 fully saturated rings. The molecule has 50 heavy (non-hydrogen) atoms. The summed E-state index contributed by atoms with van der Waals surface area (Å²) in [5, 5.41) is 24.1. The summed E-state index contributed by atoms with van der Waals surface area (Å²) >= 11 is 6.69. The van der Waals surface area contributed by atoms with Crippen molar-refractivity contribution in [1.82, 2.24) is 30.2 Å². The van der Waals surface area contributed by atoms with E-state index in [1.54, 1.807) is 0 Å². The van der Waals surface area contributed by atoms with Gasteiger partial charge in [0.15, 0.2) is 10.9 Å². The zero-order valence-electron chi connectivity index (χ0n) is 27.7. The summed E-state index contributed by atoms with van der Waals surface area (Å²) in [4.78, 5) is 46.7. The van der Waals surface area contributed by atoms with Crippen LogP contribution in [0.1, 0.15) is 66.5 Å². The number of hydrogen-bond donors (Lipinski definition) is 1. The number of benzene rings is 3. The highest BCUT2D eigenvalue weighted by molar-refractivity contribution is 6.32. The number of rotatable bonds is 19. The van der Waals surface area contributed by atoms with Gasteiger partial charge in [-0.05, 0) is 53.2 Å². The molecule has 0 bridgehead atoms. The summed E-state index contributed by atoms with van der Waals surface area (Å²) in [5.41, 5.74) is 4.84. The number of unbranched alkanes of at least 4 members (excludes halogenated alkanes) is 2. The van der Waals surface area contributed by atoms with Crippen molar-refractivity contribution in [3.05, 3.63) is 117 Å². The number of H-pyrrole nitrogens is 1. The lowest BCUT2D eigenvalue weighted by atomic mass is 9.93. The fourth-order valence-corrected chi connectivity index (χ4v) is 6.00. The molecule has 3 aromatic carbocycles. The molecule has 14 heteroatoms. The smallest absolute Gasteiger partial charge is 0.309 e. The van der Waals surface area contributed by atoms with Crippen molar-refractivity contribution >= 4 is 23.4 Å². The molecule has 1 atom stereocenters. The predicted molar refractivity (Wildman–Crippen MR) is 186 cm³/mol. The summed E-state index contributed by atoms with van der Waals surface area (Å²) in [7, 11) is 0. The molecule has 1 unspecified atom stereocenters. The van der Waals surface area contributed by atoms with Crippen molar-refractivity contribution in [2.45, 2.75) is 58.4 Å². The number of esters is 1. The minimum absolute atomic E-state index is 0.0504. The summed E-state index contributed by atoms with van der Waals surface area (Å²) in [6, 6.07) is 25.2. The first-order valence-corrected chi connectivity index (χ1v) is 16.9. The Balaban J connectivity index is 1.36. The van der Waals surface area contributed by atoms with Crippen LogP contribution in [0.15, 0.2) is 78.9 Å². The third-order valence-corrected chi connectivity index (χ3v) is 8.47. The van der Waals surface area contributed by atoms with Crippen LogP contribution in [0.2, 0.25) is 5.15 Å². The zero-order valence-corrected chi connectivity index (χ0v) is 28.4. The van der Waals surface area contributed by atoms with Gasteiger partial charge in [-0.2, -0.15) is 5.21 Å². The molecule has 0 spiro atoms. The minimum atomic E-state index is -0.856. The first-order valence-electron chi connectivity index (χ1n) is 16.5. The Labute approximate surface area is 294 Å². The summed E-state index contributed by atoms with van der Waals surface area (Å²) in [5.74, 6) is -0.420. The molecule has 0 aliphatic heterocycles. The van der Waals surface area contributed by atoms with Gasteiger partial charge in [0.25, 0.3) is 5.09 Å². The lowest BCUT2D eigenvalue weighted by Gasteiger charge is -2.17. The van der Waals surface area contributed by atoms with E-state index in [1.807, 2.05) is 83.4 Å². The van der Waals surface area contributed by atoms with Gasteiger partial charge >= 0.3 is 5.97 Å². The van der Waals surface area contributed by atoms with Crippen LogP contribution in [0.3, 0.4) is 0 Å². The number of tetrazole rings is 1. The normalized spacial score (nSPS) is 11.6. The fourth-order valence-electron chi connectivity index (χ4n) is 5.70. The molecule has 0 aliphatic rings. The first-order chi connectivity index (χ1) is 24.3. The number of aromatic amines is 1. The highest BCUT2D eigenvalue weighted by Gasteiger charge is 2.29. The highest BCUT2D eigenvalue weighted by atomic mass is 35.5. The van der Waals surface area contributed by atoms with Crippen molar-refractivity contribution in [3.63, 3.8) is 0 Å². The van der Waals surface area contributed by atoms with Gasteiger partial charge in [-0.1, -0.05) is 104 Å². The molecule has 2 heterocycles. The number of nitrogens with one attached hydrogen (secondary N) is 1. The van der Waals surface area contributed by atoms with Gasteiger partial charge in [0.05, 0.1) is 19.1 Å². The maximum Gasteiger partial charge on any atom is 0.309 e. The van der Waals surface area contributed by atoms with Gasteiger partial charge in [-0.25, -0.2) is 4.98 Å². The van der Waals surface area contributed by atoms with Gasteiger partial charge in [-0.15, -0.1) is 20.3 Å². The molecule has 0 saturated heterocycles. The number of aryl methyl sites for hydroxylation is 1. The number of Topliss-reactive ketones (excluding diaryl/α,β-unsaturated/α-hetero) is 1. The van der Waals surface area contributed by atoms with E-state index in [0.717, 1.165) is 40.7 Å². The molecule has 2 aromatic heterocycles. The molecule has 0 amide bonds. The fraction of sp³-hybridized carbons (Fsp3) is 0.333. The van der Waals surface area contributed by atoms with E-state index in [-0.39, 0.29) is 42.7 Å². The molecule has 5 aromatic rings. The summed E-state index contributed by atoms with van der Waals surface area (Å²) in [6.45, 7) is 2.40. The number of nitrogens with zero attached hydrogens (tertiary/aromatic N) is 6. The number of ether oxygens (including phenoxy) is 1. The van der Waals surface area contributed by atoms with Crippen LogP contribution in [-0.2, 0) is 33.8 Å². The monoisotopic (exact) mass is 699 g/mol. The number of carbonyl (C=O) groups is 2. The van der Waals surface area contributed by atoms with E-state index >= 15 is 0 Å². The average molecular weight is 700 g/mol. The third-order valence-electron chi connectivity index (χ3n) is 8.21. The number of aromatic nitrogens is 6. The Kier molecular flexibility index (Phi) is 12.8. The standard InChI is InChI=1S/C36H38ClN7O6/c1-2-3-15-32-38-34(37)33(31(45)23-28(22-25-11-5-4-6-12-25)36(46)49-20-9-10-21-50-44(47)48)43(32)24-26-16-18-27(19-17-26)29-13-7-8-14-30(29)35-39-41-42-40-35/h4-8,11-14,16-19,28H,2-3,9-10,15,20-24H2,1H3,(H,39,40,41,42). The van der Waals surface area contributed by atoms with Crippen LogP contribution in [0.25, 0.3) is 22.5 Å². The maximum atomic E-state index is 14.1. The number of carbonyl (C=O) groups excluding carboxylic acids is 2. The molecule has 5 rings (SSSR count). The largest absolute Gasteiger partial charge is 0.465 e. The summed E-state index contributed by atoms with van der Waals surface area (Å²) < 4.78 is 7.39. The Bertz CT molecular complexity index is 1860. The van der Waals surface area contributed by atoms with Gasteiger partial charge < -0.3 is 14.1 Å². The second kappa shape index (κ2) is 17.8. The minimum Gasteiger partial charge on any atom is -0.465 e. The van der Waals surface area contributed by atoms with Crippen molar-refractivity contribution in [1.29, 1.82) is 0 Å². The molecule has 13 nitrogen and oxygen atoms in total. The quantitative estimate of drug-likeness (QED) is 0.0320. The van der Waals surface area contributed by atoms with Crippen LogP contribution in [0.5, 0.6) is 0 Å². The Hall–Kier alpha value is -5.43. The van der Waals surface area contributed by atoms with Crippen LogP contribution >= 0.6 is 11.6 Å². The average Bonchev–Trinajstić information content (AvgIpc) is 3.77. The number of halogens is 1. The lowest BCUT2D eigenvalue weighted by molar-refractivity contribution is -0.757. The van der Waals surface area contributed by atoms with E-state index in [2.05, 4.69) is 37.4 Å². The molecular formula is C36H38ClN7O6. The zero-order chi connectivity index (χ0) is 35.3. The Morgan fingerprint density at radius 2 is 1.66 bits per heavy atom. The lowest BCUT2D eigenvalue weighted by Crippen LogP contribution is -2.25. The van der Waals surface area contributed by atoms with Crippen molar-refractivity contribution < 1.29 is 24.3 Å². The van der Waals surface area contributed by atoms with Crippen LogP contribution in [0.4, 0.5) is 0 Å². The predicted octanol–water partition coefficient (Wildman–Crippen LogP) is 6.74. The Morgan fingerprint density at radius 1 is 0.940 bits per heavy atom. The van der Waals surface area contributed by atoms with Gasteiger partial charge in [0.2, 0.25) is 5.82 Å². The molecule has 1 N–H and O–H groups in total. The van der Waals surface area contributed by atoms with E-state index in [1.165, 1.54) is 0 Å². The maximum absolute atomic E-state index is 14.1. The van der Waals surface area contributed by atoms with Gasteiger partial charge in [0, 0.05) is 24.9 Å². The second-order valence-electron chi connectivity index (χ2n) is 11.8. The SMILES string of the molecule is CCCCc1nc(Cl)c(C(=O)CC(Cc2ccccc2)C(=O)OCCCCO[N+](=O)[O-])n1Cc1ccc(-c2ccccc2-c2nn[nH]n2)cc1. The molecular weight excluding hydrogens is 662 g/mol. The molecule has 260 valence electrons. The molecule has 0 radical (unpaired) electrons. The Morgan fingerprint density at radius 3 is 2.36 bits per heavy atom. The van der Waals surface area contributed by atoms with Gasteiger partial charge in [-0.3, -0.25) is 9.59 Å². The van der Waals surface area contributed by atoms with Crippen molar-refractivity contribution in [2.75, 3.05) is 13.2 Å². The van der Waals surface area contributed by atoms with Crippen LogP contribution in [0, 0.1) is 16.0 Å². The van der Waals surface area contributed by atoms with E-state index in [4.69, 9.17) is 16.3 Å². The van der Waals surface area contributed by atoms with E-state index in [0.29, 0.717) is 37.5 Å². The number of hydrogen-bond acceptors (Lipinski definition) is 10. The van der Waals surface area contributed by atoms with Crippen LogP contribution in [-0.4, -0.2) is 60.2 Å². The van der Waals surface area contributed by atoms with Crippen molar-refractivity contribution in [2.24, 2.45) is 5.92 Å². The number of ketones is 1. The summed E-state index contributed by atoms with van der Waals surface area (Å²) in [6.07, 6.45) is 3.31. The van der Waals surface area contributed by atoms with Gasteiger partial charge in [0.1, 0.15) is 11.5 Å². The second-order valence-corrected chi connectivity index (χ2v) is 12.1. The number of imidazole rings is 1. The molecule has 0 saturated carbocycles. The van der Waals surface area contributed by atoms with E-state index in [9.17, 15) is 19.7 Å². The van der Waals surface area contributed by atoms with E-state index < -0.39 is 17.0 Å². The molecule has 0 aliphatic carbocycles. The highest BCUT2D eigenvalue weighted by Crippen LogP contribution is 2.31.